The van der Waals surface area contributed by atoms with Crippen LogP contribution >= 0.6 is 11.3 Å². The Balaban J connectivity index is 2.14. The van der Waals surface area contributed by atoms with Gasteiger partial charge >= 0.3 is 12.1 Å². The third-order valence-corrected chi connectivity index (χ3v) is 4.76. The number of anilines is 1. The molecule has 1 aliphatic rings. The molecule has 0 bridgehead atoms. The third kappa shape index (κ3) is 3.43. The van der Waals surface area contributed by atoms with Gasteiger partial charge in [0.05, 0.1) is 10.6 Å². The molecule has 0 amide bonds. The molecule has 8 heteroatoms. The molecule has 0 unspecified atom stereocenters. The van der Waals surface area contributed by atoms with Gasteiger partial charge in [0.25, 0.3) is 0 Å². The van der Waals surface area contributed by atoms with Gasteiger partial charge < -0.3 is 9.74 Å². The van der Waals surface area contributed by atoms with Crippen molar-refractivity contribution in [1.82, 2.24) is 0 Å². The summed E-state index contributed by atoms with van der Waals surface area (Å²) in [6.07, 6.45) is -3.56. The second kappa shape index (κ2) is 6.36. The summed E-state index contributed by atoms with van der Waals surface area (Å²) in [7, 11) is 3.67. The van der Waals surface area contributed by atoms with E-state index in [1.807, 2.05) is 55.4 Å². The van der Waals surface area contributed by atoms with Crippen LogP contribution in [0.15, 0.2) is 47.1 Å². The Morgan fingerprint density at radius 3 is 2.48 bits per heavy atom. The highest BCUT2D eigenvalue weighted by molar-refractivity contribution is 7.17. The Kier molecular flexibility index (Phi) is 4.38. The van der Waals surface area contributed by atoms with Crippen molar-refractivity contribution < 1.29 is 22.8 Å². The number of alkyl halides is 3. The number of hydrogen-bond donors (Lipinski definition) is 0. The van der Waals surface area contributed by atoms with Crippen LogP contribution in [0.25, 0.3) is 17.2 Å². The smallest absolute Gasteiger partial charge is 0.370 e. The van der Waals surface area contributed by atoms with Gasteiger partial charge in [0.2, 0.25) is 0 Å². The van der Waals surface area contributed by atoms with E-state index in [4.69, 9.17) is 0 Å². The molecule has 1 aromatic heterocycles. The fraction of sp³-hybridized carbons (Fsp3) is 0.176. The van der Waals surface area contributed by atoms with Crippen molar-refractivity contribution in [3.05, 3.63) is 46.8 Å². The molecular weight excluding hydrogens is 353 g/mol. The first kappa shape index (κ1) is 17.2. The SMILES string of the molecule is CN(C)c1cc(-c2ccccc2)c(C=C2C(=O)ON=C2C(F)(F)F)s1. The summed E-state index contributed by atoms with van der Waals surface area (Å²) in [6, 6.07) is 11.1. The first-order valence-electron chi connectivity index (χ1n) is 7.22. The predicted molar refractivity (Wildman–Crippen MR) is 91.6 cm³/mol. The van der Waals surface area contributed by atoms with E-state index in [0.717, 1.165) is 16.1 Å². The highest BCUT2D eigenvalue weighted by Gasteiger charge is 2.45. The minimum absolute atomic E-state index is 0.528. The minimum atomic E-state index is -4.76. The van der Waals surface area contributed by atoms with E-state index in [2.05, 4.69) is 9.99 Å². The van der Waals surface area contributed by atoms with Crippen LogP contribution in [-0.4, -0.2) is 32.0 Å². The number of carbonyl (C=O) groups excluding carboxylic acids is 1. The molecule has 0 saturated heterocycles. The van der Waals surface area contributed by atoms with E-state index in [-0.39, 0.29) is 0 Å². The highest BCUT2D eigenvalue weighted by Crippen LogP contribution is 2.39. The van der Waals surface area contributed by atoms with E-state index in [0.29, 0.717) is 4.88 Å². The molecule has 4 nitrogen and oxygen atoms in total. The Morgan fingerprint density at radius 2 is 1.88 bits per heavy atom. The van der Waals surface area contributed by atoms with Gasteiger partial charge in [-0.05, 0) is 17.7 Å². The summed E-state index contributed by atoms with van der Waals surface area (Å²) in [4.78, 5) is 18.3. The molecule has 130 valence electrons. The molecule has 25 heavy (non-hydrogen) atoms. The van der Waals surface area contributed by atoms with E-state index in [1.165, 1.54) is 17.4 Å². The van der Waals surface area contributed by atoms with E-state index < -0.39 is 23.4 Å². The van der Waals surface area contributed by atoms with Crippen LogP contribution in [0.5, 0.6) is 0 Å². The zero-order valence-corrected chi connectivity index (χ0v) is 14.1. The molecular formula is C17H13F3N2O2S. The molecule has 2 heterocycles. The topological polar surface area (TPSA) is 41.9 Å². The maximum atomic E-state index is 13.0. The van der Waals surface area contributed by atoms with E-state index in [9.17, 15) is 18.0 Å². The number of benzene rings is 1. The Morgan fingerprint density at radius 1 is 1.20 bits per heavy atom. The standard InChI is InChI=1S/C17H13F3N2O2S/c1-22(2)14-9-11(10-6-4-3-5-7-10)13(25-14)8-12-15(17(18,19)20)21-24-16(12)23/h3-9H,1-2H3. The van der Waals surface area contributed by atoms with Crippen molar-refractivity contribution in [2.24, 2.45) is 5.16 Å². The average molecular weight is 366 g/mol. The summed E-state index contributed by atoms with van der Waals surface area (Å²) >= 11 is 1.28. The summed E-state index contributed by atoms with van der Waals surface area (Å²) in [5.41, 5.74) is -0.313. The van der Waals surface area contributed by atoms with Crippen molar-refractivity contribution in [3.63, 3.8) is 0 Å². The first-order valence-corrected chi connectivity index (χ1v) is 8.04. The number of carbonyl (C=O) groups is 1. The first-order chi connectivity index (χ1) is 11.8. The molecule has 0 N–H and O–H groups in total. The number of nitrogens with zero attached hydrogens (tertiary/aromatic N) is 2. The minimum Gasteiger partial charge on any atom is -0.370 e. The molecule has 0 fully saturated rings. The fourth-order valence-corrected chi connectivity index (χ4v) is 3.36. The molecule has 0 saturated carbocycles. The van der Waals surface area contributed by atoms with Gasteiger partial charge in [0.1, 0.15) is 0 Å². The number of rotatable bonds is 3. The lowest BCUT2D eigenvalue weighted by molar-refractivity contribution is -0.136. The van der Waals surface area contributed by atoms with Gasteiger partial charge in [-0.3, -0.25) is 0 Å². The largest absolute Gasteiger partial charge is 0.437 e. The normalized spacial score (nSPS) is 16.1. The predicted octanol–water partition coefficient (Wildman–Crippen LogP) is 4.34. The molecule has 2 aromatic rings. The van der Waals surface area contributed by atoms with Crippen molar-refractivity contribution >= 4 is 34.1 Å². The molecule has 0 radical (unpaired) electrons. The van der Waals surface area contributed by atoms with Crippen LogP contribution in [0.1, 0.15) is 4.88 Å². The van der Waals surface area contributed by atoms with Crippen molar-refractivity contribution in [2.45, 2.75) is 6.18 Å². The summed E-state index contributed by atoms with van der Waals surface area (Å²) in [6.45, 7) is 0. The zero-order chi connectivity index (χ0) is 18.2. The van der Waals surface area contributed by atoms with Crippen LogP contribution in [0.3, 0.4) is 0 Å². The monoisotopic (exact) mass is 366 g/mol. The molecule has 0 aliphatic carbocycles. The Bertz CT molecular complexity index is 868. The summed E-state index contributed by atoms with van der Waals surface area (Å²) in [5.74, 6) is -1.11. The van der Waals surface area contributed by atoms with Crippen LogP contribution in [-0.2, 0) is 9.63 Å². The van der Waals surface area contributed by atoms with Gasteiger partial charge in [-0.1, -0.05) is 35.5 Å². The maximum absolute atomic E-state index is 13.0. The van der Waals surface area contributed by atoms with E-state index in [1.54, 1.807) is 0 Å². The number of halogens is 3. The second-order valence-electron chi connectivity index (χ2n) is 5.50. The van der Waals surface area contributed by atoms with Gasteiger partial charge in [0.15, 0.2) is 5.71 Å². The van der Waals surface area contributed by atoms with Crippen LogP contribution in [0.2, 0.25) is 0 Å². The molecule has 0 atom stereocenters. The molecule has 0 spiro atoms. The van der Waals surface area contributed by atoms with Gasteiger partial charge in [0, 0.05) is 24.5 Å². The van der Waals surface area contributed by atoms with Crippen LogP contribution in [0.4, 0.5) is 18.2 Å². The average Bonchev–Trinajstić information content (AvgIpc) is 3.13. The summed E-state index contributed by atoms with van der Waals surface area (Å²) in [5, 5.41) is 3.73. The molecule has 3 rings (SSSR count). The van der Waals surface area contributed by atoms with Gasteiger partial charge in [-0.2, -0.15) is 13.2 Å². The van der Waals surface area contributed by atoms with Gasteiger partial charge in [-0.15, -0.1) is 11.3 Å². The number of oxime groups is 1. The van der Waals surface area contributed by atoms with Crippen LogP contribution in [0, 0.1) is 0 Å². The van der Waals surface area contributed by atoms with Crippen molar-refractivity contribution in [2.75, 3.05) is 19.0 Å². The second-order valence-corrected chi connectivity index (χ2v) is 6.56. The zero-order valence-electron chi connectivity index (χ0n) is 13.3. The molecule has 1 aliphatic heterocycles. The lowest BCUT2D eigenvalue weighted by Crippen LogP contribution is -2.24. The van der Waals surface area contributed by atoms with Gasteiger partial charge in [-0.25, -0.2) is 4.79 Å². The summed E-state index contributed by atoms with van der Waals surface area (Å²) < 4.78 is 39.1. The number of thiophene rings is 1. The van der Waals surface area contributed by atoms with Crippen molar-refractivity contribution in [1.29, 1.82) is 0 Å². The number of hydrogen-bond acceptors (Lipinski definition) is 5. The van der Waals surface area contributed by atoms with Crippen molar-refractivity contribution in [3.8, 4) is 11.1 Å². The highest BCUT2D eigenvalue weighted by atomic mass is 32.1. The lowest BCUT2D eigenvalue weighted by atomic mass is 10.0. The third-order valence-electron chi connectivity index (χ3n) is 3.51. The maximum Gasteiger partial charge on any atom is 0.437 e. The quantitative estimate of drug-likeness (QED) is 0.599. The lowest BCUT2D eigenvalue weighted by Gasteiger charge is -2.07. The Hall–Kier alpha value is -2.61. The van der Waals surface area contributed by atoms with E-state index >= 15 is 0 Å². The Labute approximate surface area is 145 Å². The molecule has 1 aromatic carbocycles. The fourth-order valence-electron chi connectivity index (χ4n) is 2.31. The van der Waals surface area contributed by atoms with Crippen LogP contribution < -0.4 is 4.90 Å².